The summed E-state index contributed by atoms with van der Waals surface area (Å²) in [6, 6.07) is 64.1. The Morgan fingerprint density at radius 1 is 0.294 bits per heavy atom. The zero-order valence-corrected chi connectivity index (χ0v) is 38.8. The van der Waals surface area contributed by atoms with E-state index in [2.05, 4.69) is 203 Å². The molecule has 6 heteroatoms. The molecule has 9 aromatic carbocycles. The largest absolute Gasteiger partial charge is 0.456 e. The second kappa shape index (κ2) is 14.6. The number of furan rings is 4. The number of rotatable bonds is 6. The standard InChI is InChI=1S/C62H48N2O4/c1-61(2,3)37-25-29-39(30-26-37)63(48-20-13-18-44-42-15-7-10-22-51(42)66-58(44)48)41-33-34-47-54(35-41)65-55-36-50(60-57(56(47)55)46-17-9-12-24-53(46)68-60)64(40-31-27-38(28-32-40)62(4,5)6)49-21-14-19-45-43-16-8-11-23-52(43)67-59(45)49/h7-36H,1-6H3. The van der Waals surface area contributed by atoms with Crippen LogP contribution in [-0.2, 0) is 10.8 Å². The lowest BCUT2D eigenvalue weighted by atomic mass is 9.87. The van der Waals surface area contributed by atoms with Gasteiger partial charge in [0.1, 0.15) is 27.9 Å². The van der Waals surface area contributed by atoms with Crippen molar-refractivity contribution in [3.63, 3.8) is 0 Å². The Bertz CT molecular complexity index is 4110. The van der Waals surface area contributed by atoms with Gasteiger partial charge >= 0.3 is 0 Å². The van der Waals surface area contributed by atoms with E-state index in [4.69, 9.17) is 17.7 Å². The topological polar surface area (TPSA) is 59.0 Å². The molecular formula is C62H48N2O4. The zero-order valence-electron chi connectivity index (χ0n) is 38.8. The fourth-order valence-corrected chi connectivity index (χ4v) is 10.3. The summed E-state index contributed by atoms with van der Waals surface area (Å²) in [4.78, 5) is 4.56. The molecule has 0 saturated heterocycles. The fourth-order valence-electron chi connectivity index (χ4n) is 10.3. The van der Waals surface area contributed by atoms with Crippen LogP contribution in [0.15, 0.2) is 200 Å². The van der Waals surface area contributed by atoms with Crippen LogP contribution in [0.4, 0.5) is 34.1 Å². The van der Waals surface area contributed by atoms with Gasteiger partial charge in [-0.05, 0) is 88.7 Å². The molecule has 6 nitrogen and oxygen atoms in total. The van der Waals surface area contributed by atoms with Gasteiger partial charge in [0.15, 0.2) is 16.7 Å². The van der Waals surface area contributed by atoms with Crippen molar-refractivity contribution in [3.05, 3.63) is 193 Å². The smallest absolute Gasteiger partial charge is 0.160 e. The minimum Gasteiger partial charge on any atom is -0.456 e. The second-order valence-corrected chi connectivity index (χ2v) is 20.1. The van der Waals surface area contributed by atoms with Gasteiger partial charge in [0, 0.05) is 66.6 Å². The minimum absolute atomic E-state index is 0.000769. The normalized spacial score (nSPS) is 12.6. The predicted octanol–water partition coefficient (Wildman–Crippen LogP) is 18.8. The maximum Gasteiger partial charge on any atom is 0.160 e. The molecule has 4 aromatic heterocycles. The third-order valence-corrected chi connectivity index (χ3v) is 13.8. The van der Waals surface area contributed by atoms with E-state index < -0.39 is 0 Å². The quantitative estimate of drug-likeness (QED) is 0.166. The van der Waals surface area contributed by atoms with Crippen molar-refractivity contribution in [2.24, 2.45) is 0 Å². The van der Waals surface area contributed by atoms with Gasteiger partial charge in [-0.2, -0.15) is 0 Å². The van der Waals surface area contributed by atoms with Crippen LogP contribution in [0.2, 0.25) is 0 Å². The number of fused-ring (bicyclic) bond motifs is 13. The number of benzene rings is 9. The highest BCUT2D eigenvalue weighted by molar-refractivity contribution is 6.29. The van der Waals surface area contributed by atoms with Crippen molar-refractivity contribution in [2.45, 2.75) is 52.4 Å². The molecule has 68 heavy (non-hydrogen) atoms. The zero-order chi connectivity index (χ0) is 46.1. The van der Waals surface area contributed by atoms with Crippen LogP contribution in [0.5, 0.6) is 0 Å². The molecule has 0 aliphatic carbocycles. The fraction of sp³-hybridized carbons (Fsp3) is 0.129. The summed E-state index contributed by atoms with van der Waals surface area (Å²) < 4.78 is 27.6. The molecule has 0 aliphatic heterocycles. The van der Waals surface area contributed by atoms with Crippen LogP contribution in [0.1, 0.15) is 52.7 Å². The Labute approximate surface area is 393 Å². The SMILES string of the molecule is CC(C)(C)c1ccc(N(c2ccc3c(c2)oc2cc(N(c4ccc(C(C)(C)C)cc4)c4cccc5c4oc4ccccc45)c4oc5ccccc5c4c23)c2cccc3c2oc2ccccc23)cc1. The highest BCUT2D eigenvalue weighted by atomic mass is 16.3. The summed E-state index contributed by atoms with van der Waals surface area (Å²) >= 11 is 0. The Kier molecular flexibility index (Phi) is 8.63. The van der Waals surface area contributed by atoms with Crippen molar-refractivity contribution in [1.29, 1.82) is 0 Å². The lowest BCUT2D eigenvalue weighted by Crippen LogP contribution is -2.13. The molecule has 0 spiro atoms. The number of hydrogen-bond donors (Lipinski definition) is 0. The van der Waals surface area contributed by atoms with Gasteiger partial charge in [0.2, 0.25) is 0 Å². The molecule has 13 aromatic rings. The summed E-state index contributed by atoms with van der Waals surface area (Å²) in [6.07, 6.45) is 0. The first-order valence-corrected chi connectivity index (χ1v) is 23.4. The molecule has 0 fully saturated rings. The van der Waals surface area contributed by atoms with Gasteiger partial charge in [-0.25, -0.2) is 0 Å². The number of para-hydroxylation sites is 5. The molecule has 0 bridgehead atoms. The van der Waals surface area contributed by atoms with Crippen LogP contribution in [0.25, 0.3) is 87.8 Å². The van der Waals surface area contributed by atoms with Crippen molar-refractivity contribution in [3.8, 4) is 0 Å². The summed E-state index contributed by atoms with van der Waals surface area (Å²) in [7, 11) is 0. The maximum atomic E-state index is 7.16. The lowest BCUT2D eigenvalue weighted by Gasteiger charge is -2.27. The Morgan fingerprint density at radius 3 is 1.29 bits per heavy atom. The molecular weight excluding hydrogens is 837 g/mol. The van der Waals surface area contributed by atoms with Crippen LogP contribution >= 0.6 is 0 Å². The predicted molar refractivity (Wildman–Crippen MR) is 282 cm³/mol. The van der Waals surface area contributed by atoms with Crippen molar-refractivity contribution < 1.29 is 17.7 Å². The highest BCUT2D eigenvalue weighted by Gasteiger charge is 2.28. The molecule has 0 amide bonds. The van der Waals surface area contributed by atoms with Gasteiger partial charge in [0.25, 0.3) is 0 Å². The molecule has 0 radical (unpaired) electrons. The summed E-state index contributed by atoms with van der Waals surface area (Å²) in [5.74, 6) is 0. The Morgan fingerprint density at radius 2 is 0.735 bits per heavy atom. The first kappa shape index (κ1) is 40.1. The van der Waals surface area contributed by atoms with Gasteiger partial charge in [-0.1, -0.05) is 145 Å². The van der Waals surface area contributed by atoms with Crippen LogP contribution in [-0.4, -0.2) is 0 Å². The molecule has 330 valence electrons. The van der Waals surface area contributed by atoms with E-state index in [9.17, 15) is 0 Å². The van der Waals surface area contributed by atoms with Gasteiger partial charge in [-0.15, -0.1) is 0 Å². The van der Waals surface area contributed by atoms with E-state index in [0.717, 1.165) is 122 Å². The van der Waals surface area contributed by atoms with E-state index >= 15 is 0 Å². The summed E-state index contributed by atoms with van der Waals surface area (Å²) in [5.41, 5.74) is 14.5. The lowest BCUT2D eigenvalue weighted by molar-refractivity contribution is 0.590. The molecule has 0 saturated carbocycles. The average molecular weight is 885 g/mol. The molecule has 0 N–H and O–H groups in total. The maximum absolute atomic E-state index is 7.16. The van der Waals surface area contributed by atoms with E-state index in [1.165, 1.54) is 11.1 Å². The van der Waals surface area contributed by atoms with Crippen molar-refractivity contribution >= 4 is 122 Å². The highest BCUT2D eigenvalue weighted by Crippen LogP contribution is 2.51. The first-order valence-electron chi connectivity index (χ1n) is 23.4. The first-order chi connectivity index (χ1) is 33.0. The molecule has 13 rings (SSSR count). The van der Waals surface area contributed by atoms with Crippen molar-refractivity contribution in [2.75, 3.05) is 9.80 Å². The molecule has 4 heterocycles. The third-order valence-electron chi connectivity index (χ3n) is 13.8. The third kappa shape index (κ3) is 6.17. The number of nitrogens with zero attached hydrogens (tertiary/aromatic N) is 2. The van der Waals surface area contributed by atoms with E-state index in [1.807, 2.05) is 30.3 Å². The number of anilines is 6. The Hall–Kier alpha value is -8.22. The monoisotopic (exact) mass is 884 g/mol. The minimum atomic E-state index is -0.0236. The molecule has 0 aliphatic rings. The second-order valence-electron chi connectivity index (χ2n) is 20.1. The van der Waals surface area contributed by atoms with Crippen LogP contribution < -0.4 is 9.80 Å². The Balaban J connectivity index is 1.07. The molecule has 0 atom stereocenters. The summed E-state index contributed by atoms with van der Waals surface area (Å²) in [6.45, 7) is 13.5. The van der Waals surface area contributed by atoms with Gasteiger partial charge in [-0.3, -0.25) is 0 Å². The molecule has 0 unspecified atom stereocenters. The van der Waals surface area contributed by atoms with E-state index in [-0.39, 0.29) is 10.8 Å². The average Bonchev–Trinajstić information content (AvgIpc) is 4.12. The number of hydrogen-bond acceptors (Lipinski definition) is 6. The van der Waals surface area contributed by atoms with Crippen LogP contribution in [0.3, 0.4) is 0 Å². The van der Waals surface area contributed by atoms with E-state index in [1.54, 1.807) is 0 Å². The van der Waals surface area contributed by atoms with Crippen molar-refractivity contribution in [1.82, 2.24) is 0 Å². The van der Waals surface area contributed by atoms with Crippen LogP contribution in [0, 0.1) is 0 Å². The van der Waals surface area contributed by atoms with Gasteiger partial charge < -0.3 is 27.5 Å². The van der Waals surface area contributed by atoms with E-state index in [0.29, 0.717) is 0 Å². The summed E-state index contributed by atoms with van der Waals surface area (Å²) in [5, 5.41) is 8.28. The van der Waals surface area contributed by atoms with Gasteiger partial charge in [0.05, 0.1) is 22.7 Å².